The summed E-state index contributed by atoms with van der Waals surface area (Å²) in [6.07, 6.45) is 1.53. The van der Waals surface area contributed by atoms with Crippen LogP contribution in [-0.2, 0) is 4.74 Å². The molecule has 0 atom stereocenters. The fourth-order valence-electron chi connectivity index (χ4n) is 2.90. The average Bonchev–Trinajstić information content (AvgIpc) is 2.67. The first-order chi connectivity index (χ1) is 13.1. The van der Waals surface area contributed by atoms with Gasteiger partial charge < -0.3 is 19.7 Å². The van der Waals surface area contributed by atoms with E-state index in [0.29, 0.717) is 37.7 Å². The lowest BCUT2D eigenvalue weighted by Crippen LogP contribution is -2.43. The van der Waals surface area contributed by atoms with Crippen LogP contribution in [0.15, 0.2) is 48.5 Å². The van der Waals surface area contributed by atoms with E-state index in [4.69, 9.17) is 9.47 Å². The van der Waals surface area contributed by atoms with Crippen molar-refractivity contribution in [1.29, 1.82) is 0 Å². The van der Waals surface area contributed by atoms with E-state index in [1.165, 1.54) is 24.3 Å². The van der Waals surface area contributed by atoms with Crippen LogP contribution >= 0.6 is 0 Å². The minimum absolute atomic E-state index is 0.0695. The number of hydrogen-bond acceptors (Lipinski definition) is 3. The lowest BCUT2D eigenvalue weighted by Gasteiger charge is -2.32. The number of piperidine rings is 1. The zero-order valence-corrected chi connectivity index (χ0v) is 14.9. The molecule has 1 aliphatic rings. The van der Waals surface area contributed by atoms with E-state index < -0.39 is 0 Å². The van der Waals surface area contributed by atoms with Crippen LogP contribution in [-0.4, -0.2) is 43.3 Å². The number of benzene rings is 2. The van der Waals surface area contributed by atoms with E-state index in [-0.39, 0.29) is 23.8 Å². The fourth-order valence-corrected chi connectivity index (χ4v) is 2.90. The highest BCUT2D eigenvalue weighted by molar-refractivity contribution is 5.89. The Labute approximate surface area is 156 Å². The number of halogens is 2. The van der Waals surface area contributed by atoms with Crippen LogP contribution in [0.4, 0.5) is 19.3 Å². The van der Waals surface area contributed by atoms with Gasteiger partial charge in [-0.2, -0.15) is 0 Å². The number of carbonyl (C=O) groups excluding carboxylic acids is 1. The molecule has 0 spiro atoms. The molecule has 0 radical (unpaired) electrons. The summed E-state index contributed by atoms with van der Waals surface area (Å²) in [5.41, 5.74) is 0.441. The predicted molar refractivity (Wildman–Crippen MR) is 97.9 cm³/mol. The zero-order valence-electron chi connectivity index (χ0n) is 14.9. The fraction of sp³-hybridized carbons (Fsp3) is 0.350. The van der Waals surface area contributed by atoms with Gasteiger partial charge in [0, 0.05) is 18.8 Å². The van der Waals surface area contributed by atoms with Gasteiger partial charge in [0.2, 0.25) is 0 Å². The summed E-state index contributed by atoms with van der Waals surface area (Å²) in [7, 11) is 0. The third-order valence-corrected chi connectivity index (χ3v) is 4.32. The van der Waals surface area contributed by atoms with Gasteiger partial charge in [-0.15, -0.1) is 0 Å². The van der Waals surface area contributed by atoms with Crippen LogP contribution in [0, 0.1) is 11.6 Å². The molecule has 2 amide bonds. The molecule has 5 nitrogen and oxygen atoms in total. The van der Waals surface area contributed by atoms with Crippen LogP contribution in [0.1, 0.15) is 12.8 Å². The maximum atomic E-state index is 13.2. The van der Waals surface area contributed by atoms with Gasteiger partial charge >= 0.3 is 6.03 Å². The Morgan fingerprint density at radius 3 is 2.48 bits per heavy atom. The largest absolute Gasteiger partial charge is 0.491 e. The number of hydrogen-bond donors (Lipinski definition) is 1. The Kier molecular flexibility index (Phi) is 6.59. The van der Waals surface area contributed by atoms with E-state index in [1.54, 1.807) is 29.2 Å². The molecule has 2 aromatic rings. The normalized spacial score (nSPS) is 14.8. The van der Waals surface area contributed by atoms with Crippen LogP contribution in [0.3, 0.4) is 0 Å². The van der Waals surface area contributed by atoms with E-state index >= 15 is 0 Å². The number of carbonyl (C=O) groups is 1. The monoisotopic (exact) mass is 376 g/mol. The summed E-state index contributed by atoms with van der Waals surface area (Å²) in [4.78, 5) is 13.9. The first kappa shape index (κ1) is 19.1. The molecule has 1 saturated heterocycles. The third-order valence-electron chi connectivity index (χ3n) is 4.32. The van der Waals surface area contributed by atoms with Crippen molar-refractivity contribution in [2.24, 2.45) is 0 Å². The lowest BCUT2D eigenvalue weighted by atomic mass is 10.1. The highest BCUT2D eigenvalue weighted by Crippen LogP contribution is 2.17. The van der Waals surface area contributed by atoms with E-state index in [1.807, 2.05) is 0 Å². The second-order valence-corrected chi connectivity index (χ2v) is 6.30. The highest BCUT2D eigenvalue weighted by Gasteiger charge is 2.23. The van der Waals surface area contributed by atoms with Crippen molar-refractivity contribution in [3.05, 3.63) is 60.2 Å². The smallest absolute Gasteiger partial charge is 0.321 e. The molecule has 1 fully saturated rings. The molecule has 3 rings (SSSR count). The number of nitrogens with one attached hydrogen (secondary N) is 1. The Bertz CT molecular complexity index is 747. The summed E-state index contributed by atoms with van der Waals surface area (Å²) < 4.78 is 37.3. The number of amides is 2. The maximum Gasteiger partial charge on any atom is 0.321 e. The number of rotatable bonds is 6. The predicted octanol–water partition coefficient (Wildman–Crippen LogP) is 4.06. The van der Waals surface area contributed by atoms with Crippen molar-refractivity contribution in [2.75, 3.05) is 31.6 Å². The van der Waals surface area contributed by atoms with Gasteiger partial charge in [-0.3, -0.25) is 0 Å². The summed E-state index contributed by atoms with van der Waals surface area (Å²) in [6.45, 7) is 1.96. The molecule has 2 aromatic carbocycles. The minimum Gasteiger partial charge on any atom is -0.491 e. The molecule has 27 heavy (non-hydrogen) atoms. The van der Waals surface area contributed by atoms with Gasteiger partial charge in [0.05, 0.1) is 12.7 Å². The molecule has 1 heterocycles. The molecular weight excluding hydrogens is 354 g/mol. The van der Waals surface area contributed by atoms with Crippen molar-refractivity contribution >= 4 is 11.7 Å². The quantitative estimate of drug-likeness (QED) is 0.774. The Morgan fingerprint density at radius 2 is 1.78 bits per heavy atom. The second-order valence-electron chi connectivity index (χ2n) is 6.30. The molecule has 0 unspecified atom stereocenters. The van der Waals surface area contributed by atoms with Crippen molar-refractivity contribution in [3.63, 3.8) is 0 Å². The van der Waals surface area contributed by atoms with Gasteiger partial charge in [0.1, 0.15) is 24.0 Å². The summed E-state index contributed by atoms with van der Waals surface area (Å²) in [6, 6.07) is 11.4. The first-order valence-corrected chi connectivity index (χ1v) is 8.91. The molecule has 144 valence electrons. The summed E-state index contributed by atoms with van der Waals surface area (Å²) in [5, 5.41) is 2.70. The van der Waals surface area contributed by atoms with Crippen molar-refractivity contribution in [1.82, 2.24) is 4.90 Å². The summed E-state index contributed by atoms with van der Waals surface area (Å²) in [5.74, 6) is -0.0848. The van der Waals surface area contributed by atoms with Crippen LogP contribution in [0.2, 0.25) is 0 Å². The minimum atomic E-state index is -0.386. The number of likely N-dealkylation sites (tertiary alicyclic amines) is 1. The van der Waals surface area contributed by atoms with E-state index in [0.717, 1.165) is 12.8 Å². The number of urea groups is 1. The number of ether oxygens (including phenoxy) is 2. The SMILES string of the molecule is O=C(Nc1cccc(F)c1)N1CCC(OCCOc2ccc(F)cc2)CC1. The second kappa shape index (κ2) is 9.32. The lowest BCUT2D eigenvalue weighted by molar-refractivity contribution is 0.00271. The van der Waals surface area contributed by atoms with Crippen molar-refractivity contribution < 1.29 is 23.0 Å². The van der Waals surface area contributed by atoms with Crippen LogP contribution < -0.4 is 10.1 Å². The van der Waals surface area contributed by atoms with Gasteiger partial charge in [0.25, 0.3) is 0 Å². The average molecular weight is 376 g/mol. The van der Waals surface area contributed by atoms with Gasteiger partial charge in [-0.25, -0.2) is 13.6 Å². The van der Waals surface area contributed by atoms with Crippen molar-refractivity contribution in [2.45, 2.75) is 18.9 Å². The number of anilines is 1. The maximum absolute atomic E-state index is 13.2. The third kappa shape index (κ3) is 5.92. The Balaban J connectivity index is 1.33. The first-order valence-electron chi connectivity index (χ1n) is 8.91. The molecule has 7 heteroatoms. The Morgan fingerprint density at radius 1 is 1.04 bits per heavy atom. The van der Waals surface area contributed by atoms with Gasteiger partial charge in [-0.05, 0) is 55.3 Å². The molecule has 0 aromatic heterocycles. The van der Waals surface area contributed by atoms with Crippen LogP contribution in [0.5, 0.6) is 5.75 Å². The molecule has 0 aliphatic carbocycles. The van der Waals surface area contributed by atoms with Crippen molar-refractivity contribution in [3.8, 4) is 5.75 Å². The molecule has 1 aliphatic heterocycles. The van der Waals surface area contributed by atoms with Gasteiger partial charge in [-0.1, -0.05) is 6.07 Å². The number of nitrogens with zero attached hydrogens (tertiary/aromatic N) is 1. The summed E-state index contributed by atoms with van der Waals surface area (Å²) >= 11 is 0. The van der Waals surface area contributed by atoms with Gasteiger partial charge in [0.15, 0.2) is 0 Å². The highest BCUT2D eigenvalue weighted by atomic mass is 19.1. The molecule has 0 bridgehead atoms. The Hall–Kier alpha value is -2.67. The van der Waals surface area contributed by atoms with E-state index in [9.17, 15) is 13.6 Å². The zero-order chi connectivity index (χ0) is 19.1. The topological polar surface area (TPSA) is 50.8 Å². The standard InChI is InChI=1S/C20H22F2N2O3/c21-15-4-6-18(7-5-15)26-12-13-27-19-8-10-24(11-9-19)20(25)23-17-3-1-2-16(22)14-17/h1-7,14,19H,8-13H2,(H,23,25). The molecular formula is C20H22F2N2O3. The molecule has 1 N–H and O–H groups in total. The molecule has 0 saturated carbocycles. The van der Waals surface area contributed by atoms with Crippen LogP contribution in [0.25, 0.3) is 0 Å². The van der Waals surface area contributed by atoms with E-state index in [2.05, 4.69) is 5.32 Å².